The van der Waals surface area contributed by atoms with E-state index in [-0.39, 0.29) is 11.9 Å². The summed E-state index contributed by atoms with van der Waals surface area (Å²) in [6.45, 7) is 0.599. The van der Waals surface area contributed by atoms with Crippen LogP contribution in [0.1, 0.15) is 23.1 Å². The molecule has 0 fully saturated rings. The van der Waals surface area contributed by atoms with Gasteiger partial charge in [-0.15, -0.1) is 0 Å². The van der Waals surface area contributed by atoms with Crippen molar-refractivity contribution in [2.45, 2.75) is 31.9 Å². The Morgan fingerprint density at radius 1 is 1.12 bits per heavy atom. The Labute approximate surface area is 140 Å². The van der Waals surface area contributed by atoms with Gasteiger partial charge in [0.2, 0.25) is 0 Å². The summed E-state index contributed by atoms with van der Waals surface area (Å²) < 4.78 is 16.0. The fourth-order valence-corrected chi connectivity index (χ4v) is 3.41. The molecule has 0 amide bonds. The first-order chi connectivity index (χ1) is 11.7. The van der Waals surface area contributed by atoms with Crippen LogP contribution >= 0.6 is 0 Å². The Morgan fingerprint density at radius 2 is 2.04 bits per heavy atom. The van der Waals surface area contributed by atoms with E-state index in [1.54, 1.807) is 24.7 Å². The second-order valence-corrected chi connectivity index (χ2v) is 6.46. The summed E-state index contributed by atoms with van der Waals surface area (Å²) >= 11 is 0. The maximum Gasteiger partial charge on any atom is 0.124 e. The van der Waals surface area contributed by atoms with Gasteiger partial charge < -0.3 is 9.67 Å². The van der Waals surface area contributed by atoms with Crippen LogP contribution in [0.25, 0.3) is 11.1 Å². The Kier molecular flexibility index (Phi) is 3.90. The molecule has 1 atom stereocenters. The van der Waals surface area contributed by atoms with E-state index in [0.717, 1.165) is 29.5 Å². The van der Waals surface area contributed by atoms with Crippen molar-refractivity contribution in [1.82, 2.24) is 9.55 Å². The summed E-state index contributed by atoms with van der Waals surface area (Å²) in [5.74, 6) is -0.226. The van der Waals surface area contributed by atoms with E-state index in [2.05, 4.69) is 17.1 Å². The van der Waals surface area contributed by atoms with E-state index in [9.17, 15) is 9.50 Å². The zero-order chi connectivity index (χ0) is 16.5. The molecule has 1 aliphatic carbocycles. The molecule has 122 valence electrons. The molecule has 24 heavy (non-hydrogen) atoms. The van der Waals surface area contributed by atoms with Crippen molar-refractivity contribution in [2.75, 3.05) is 0 Å². The third kappa shape index (κ3) is 3.10. The quantitative estimate of drug-likeness (QED) is 0.800. The van der Waals surface area contributed by atoms with Crippen LogP contribution in [0.2, 0.25) is 0 Å². The molecule has 3 nitrogen and oxygen atoms in total. The van der Waals surface area contributed by atoms with Crippen LogP contribution in [0, 0.1) is 5.82 Å². The molecular formula is C20H19FN2O. The Bertz CT molecular complexity index is 858. The molecule has 1 heterocycles. The van der Waals surface area contributed by atoms with Crippen LogP contribution < -0.4 is 0 Å². The van der Waals surface area contributed by atoms with Crippen molar-refractivity contribution in [3.05, 3.63) is 77.6 Å². The minimum Gasteiger partial charge on any atom is -0.393 e. The number of imidazole rings is 1. The molecule has 1 N–H and O–H groups in total. The third-order valence-corrected chi connectivity index (χ3v) is 4.62. The number of aliphatic hydroxyl groups excluding tert-OH is 1. The van der Waals surface area contributed by atoms with E-state index < -0.39 is 0 Å². The van der Waals surface area contributed by atoms with Crippen molar-refractivity contribution in [3.8, 4) is 11.1 Å². The van der Waals surface area contributed by atoms with E-state index in [0.29, 0.717) is 13.0 Å². The SMILES string of the molecule is OC1CCc2cc(-c3cc(F)cc(Cn4ccnc4)c3)ccc2C1. The van der Waals surface area contributed by atoms with E-state index in [1.165, 1.54) is 11.1 Å². The minimum atomic E-state index is -0.237. The first-order valence-corrected chi connectivity index (χ1v) is 8.23. The number of halogens is 1. The van der Waals surface area contributed by atoms with Gasteiger partial charge in [0.1, 0.15) is 5.82 Å². The highest BCUT2D eigenvalue weighted by atomic mass is 19.1. The van der Waals surface area contributed by atoms with Crippen LogP contribution in [-0.4, -0.2) is 20.8 Å². The molecular weight excluding hydrogens is 303 g/mol. The second-order valence-electron chi connectivity index (χ2n) is 6.46. The van der Waals surface area contributed by atoms with Crippen LogP contribution in [0.3, 0.4) is 0 Å². The van der Waals surface area contributed by atoms with E-state index >= 15 is 0 Å². The third-order valence-electron chi connectivity index (χ3n) is 4.62. The molecule has 3 aromatic rings. The normalized spacial score (nSPS) is 16.8. The molecule has 1 unspecified atom stereocenters. The van der Waals surface area contributed by atoms with Gasteiger partial charge in [0.25, 0.3) is 0 Å². The van der Waals surface area contributed by atoms with Crippen LogP contribution in [0.5, 0.6) is 0 Å². The molecule has 4 heteroatoms. The molecule has 0 radical (unpaired) electrons. The lowest BCUT2D eigenvalue weighted by molar-refractivity contribution is 0.158. The van der Waals surface area contributed by atoms with Crippen molar-refractivity contribution in [1.29, 1.82) is 0 Å². The summed E-state index contributed by atoms with van der Waals surface area (Å²) in [6.07, 6.45) is 7.47. The highest BCUT2D eigenvalue weighted by molar-refractivity contribution is 5.66. The maximum absolute atomic E-state index is 14.1. The number of aromatic nitrogens is 2. The van der Waals surface area contributed by atoms with Gasteiger partial charge in [0, 0.05) is 18.9 Å². The summed E-state index contributed by atoms with van der Waals surface area (Å²) in [7, 11) is 0. The second kappa shape index (κ2) is 6.21. The van der Waals surface area contributed by atoms with Crippen molar-refractivity contribution in [2.24, 2.45) is 0 Å². The number of hydrogen-bond donors (Lipinski definition) is 1. The topological polar surface area (TPSA) is 38.0 Å². The molecule has 0 spiro atoms. The van der Waals surface area contributed by atoms with Gasteiger partial charge in [-0.05, 0) is 65.3 Å². The van der Waals surface area contributed by atoms with Gasteiger partial charge in [0.15, 0.2) is 0 Å². The lowest BCUT2D eigenvalue weighted by Crippen LogP contribution is -2.18. The van der Waals surface area contributed by atoms with Crippen molar-refractivity contribution in [3.63, 3.8) is 0 Å². The zero-order valence-electron chi connectivity index (χ0n) is 13.3. The lowest BCUT2D eigenvalue weighted by atomic mass is 9.87. The minimum absolute atomic E-state index is 0.226. The molecule has 1 aromatic heterocycles. The number of aliphatic hydroxyl groups is 1. The first kappa shape index (κ1) is 15.1. The van der Waals surface area contributed by atoms with Gasteiger partial charge in [-0.25, -0.2) is 9.37 Å². The monoisotopic (exact) mass is 322 g/mol. The standard InChI is InChI=1S/C20H19FN2O/c21-19-8-14(12-23-6-5-22-13-23)7-18(10-19)16-1-2-17-11-20(24)4-3-15(17)9-16/h1-2,5-10,13,20,24H,3-4,11-12H2. The number of nitrogens with zero attached hydrogens (tertiary/aromatic N) is 2. The van der Waals surface area contributed by atoms with Crippen LogP contribution in [-0.2, 0) is 19.4 Å². The van der Waals surface area contributed by atoms with E-state index in [1.807, 2.05) is 22.9 Å². The summed E-state index contributed by atoms with van der Waals surface area (Å²) in [6, 6.07) is 11.4. The number of fused-ring (bicyclic) bond motifs is 1. The molecule has 0 bridgehead atoms. The predicted molar refractivity (Wildman–Crippen MR) is 91.2 cm³/mol. The Morgan fingerprint density at radius 3 is 2.88 bits per heavy atom. The van der Waals surface area contributed by atoms with Gasteiger partial charge >= 0.3 is 0 Å². The molecule has 0 aliphatic heterocycles. The van der Waals surface area contributed by atoms with Crippen LogP contribution in [0.4, 0.5) is 4.39 Å². The fraction of sp³-hybridized carbons (Fsp3) is 0.250. The van der Waals surface area contributed by atoms with Gasteiger partial charge in [-0.1, -0.05) is 18.2 Å². The number of benzene rings is 2. The largest absolute Gasteiger partial charge is 0.393 e. The Hall–Kier alpha value is -2.46. The molecule has 4 rings (SSSR count). The predicted octanol–water partition coefficient (Wildman–Crippen LogP) is 3.59. The highest BCUT2D eigenvalue weighted by Crippen LogP contribution is 2.29. The first-order valence-electron chi connectivity index (χ1n) is 8.23. The molecule has 0 saturated heterocycles. The number of aryl methyl sites for hydroxylation is 1. The molecule has 0 saturated carbocycles. The number of hydrogen-bond acceptors (Lipinski definition) is 2. The summed E-state index contributed by atoms with van der Waals surface area (Å²) in [4.78, 5) is 4.02. The highest BCUT2D eigenvalue weighted by Gasteiger charge is 2.17. The molecule has 1 aliphatic rings. The summed E-state index contributed by atoms with van der Waals surface area (Å²) in [5, 5.41) is 9.78. The fourth-order valence-electron chi connectivity index (χ4n) is 3.41. The Balaban J connectivity index is 1.67. The smallest absolute Gasteiger partial charge is 0.124 e. The zero-order valence-corrected chi connectivity index (χ0v) is 13.3. The van der Waals surface area contributed by atoms with Gasteiger partial charge in [-0.3, -0.25) is 0 Å². The van der Waals surface area contributed by atoms with Gasteiger partial charge in [0.05, 0.1) is 12.4 Å². The van der Waals surface area contributed by atoms with Gasteiger partial charge in [-0.2, -0.15) is 0 Å². The van der Waals surface area contributed by atoms with Crippen LogP contribution in [0.15, 0.2) is 55.1 Å². The average molecular weight is 322 g/mol. The lowest BCUT2D eigenvalue weighted by Gasteiger charge is -2.21. The maximum atomic E-state index is 14.1. The summed E-state index contributed by atoms with van der Waals surface area (Å²) in [5.41, 5.74) is 5.29. The average Bonchev–Trinajstić information content (AvgIpc) is 3.06. The van der Waals surface area contributed by atoms with E-state index in [4.69, 9.17) is 0 Å². The van der Waals surface area contributed by atoms with Crippen molar-refractivity contribution < 1.29 is 9.50 Å². The number of rotatable bonds is 3. The van der Waals surface area contributed by atoms with Crippen molar-refractivity contribution >= 4 is 0 Å². The molecule has 2 aromatic carbocycles.